The molecule has 6 heteroatoms. The highest BCUT2D eigenvalue weighted by molar-refractivity contribution is 6.34. The zero-order chi connectivity index (χ0) is 14.8. The molecule has 5 nitrogen and oxygen atoms in total. The van der Waals surface area contributed by atoms with Gasteiger partial charge in [-0.25, -0.2) is 0 Å². The number of nitrogens with one attached hydrogen (secondary N) is 1. The van der Waals surface area contributed by atoms with Crippen LogP contribution in [0.5, 0.6) is 0 Å². The van der Waals surface area contributed by atoms with E-state index in [9.17, 15) is 9.59 Å². The first-order chi connectivity index (χ1) is 10.1. The van der Waals surface area contributed by atoms with Crippen molar-refractivity contribution in [3.8, 4) is 0 Å². The second kappa shape index (κ2) is 6.03. The summed E-state index contributed by atoms with van der Waals surface area (Å²) in [5, 5.41) is 3.27. The number of amides is 2. The highest BCUT2D eigenvalue weighted by Gasteiger charge is 2.25. The van der Waals surface area contributed by atoms with Gasteiger partial charge >= 0.3 is 0 Å². The van der Waals surface area contributed by atoms with Crippen LogP contribution in [0, 0.1) is 0 Å². The van der Waals surface area contributed by atoms with Crippen LogP contribution in [0.3, 0.4) is 0 Å². The maximum Gasteiger partial charge on any atom is 0.253 e. The van der Waals surface area contributed by atoms with Gasteiger partial charge in [0.25, 0.3) is 5.91 Å². The van der Waals surface area contributed by atoms with Gasteiger partial charge in [-0.1, -0.05) is 11.6 Å². The number of hydrogen-bond donors (Lipinski definition) is 1. The van der Waals surface area contributed by atoms with Gasteiger partial charge in [-0.3, -0.25) is 9.59 Å². The van der Waals surface area contributed by atoms with E-state index in [0.717, 1.165) is 19.3 Å². The molecule has 2 heterocycles. The van der Waals surface area contributed by atoms with E-state index in [4.69, 9.17) is 16.3 Å². The molecule has 1 atom stereocenters. The molecule has 3 rings (SSSR count). The third-order valence-corrected chi connectivity index (χ3v) is 4.10. The third kappa shape index (κ3) is 3.04. The molecule has 1 unspecified atom stereocenters. The minimum Gasteiger partial charge on any atom is -0.368 e. The molecule has 1 aromatic rings. The Morgan fingerprint density at radius 1 is 1.38 bits per heavy atom. The molecule has 2 aliphatic heterocycles. The highest BCUT2D eigenvalue weighted by Crippen LogP contribution is 2.31. The van der Waals surface area contributed by atoms with Crippen LogP contribution in [0.2, 0.25) is 5.02 Å². The zero-order valence-corrected chi connectivity index (χ0v) is 12.4. The Morgan fingerprint density at radius 3 is 2.86 bits per heavy atom. The van der Waals surface area contributed by atoms with Gasteiger partial charge in [0.1, 0.15) is 6.10 Å². The molecule has 2 fully saturated rings. The van der Waals surface area contributed by atoms with Gasteiger partial charge in [0, 0.05) is 25.3 Å². The number of ether oxygens (including phenoxy) is 1. The van der Waals surface area contributed by atoms with E-state index in [0.29, 0.717) is 36.0 Å². The summed E-state index contributed by atoms with van der Waals surface area (Å²) in [5.74, 6) is -0.0541. The maximum absolute atomic E-state index is 12.0. The van der Waals surface area contributed by atoms with Gasteiger partial charge in [0.2, 0.25) is 5.91 Å². The van der Waals surface area contributed by atoms with Crippen LogP contribution in [0.25, 0.3) is 0 Å². The van der Waals surface area contributed by atoms with E-state index in [-0.39, 0.29) is 17.9 Å². The number of benzene rings is 1. The lowest BCUT2D eigenvalue weighted by molar-refractivity contribution is -0.124. The summed E-state index contributed by atoms with van der Waals surface area (Å²) < 4.78 is 5.34. The van der Waals surface area contributed by atoms with Crippen molar-refractivity contribution in [2.24, 2.45) is 0 Å². The van der Waals surface area contributed by atoms with Gasteiger partial charge < -0.3 is 15.0 Å². The van der Waals surface area contributed by atoms with Crippen molar-refractivity contribution in [1.82, 2.24) is 0 Å². The molecule has 2 saturated heterocycles. The average molecular weight is 309 g/mol. The number of halogens is 1. The van der Waals surface area contributed by atoms with Crippen LogP contribution in [-0.4, -0.2) is 31.1 Å². The van der Waals surface area contributed by atoms with Crippen molar-refractivity contribution in [3.63, 3.8) is 0 Å². The standard InChI is InChI=1S/C15H17ClN2O3/c16-11-9-10(17-15(20)13-3-2-8-21-13)5-6-12(11)18-7-1-4-14(18)19/h5-6,9,13H,1-4,7-8H2,(H,17,20). The number of anilines is 2. The number of rotatable bonds is 3. The Labute approximate surface area is 128 Å². The average Bonchev–Trinajstić information content (AvgIpc) is 3.10. The molecule has 0 aromatic heterocycles. The molecule has 2 amide bonds. The maximum atomic E-state index is 12.0. The summed E-state index contributed by atoms with van der Waals surface area (Å²) >= 11 is 6.24. The minimum atomic E-state index is -0.372. The largest absolute Gasteiger partial charge is 0.368 e. The van der Waals surface area contributed by atoms with Crippen molar-refractivity contribution >= 4 is 34.8 Å². The van der Waals surface area contributed by atoms with Crippen molar-refractivity contribution in [2.75, 3.05) is 23.4 Å². The predicted molar refractivity (Wildman–Crippen MR) is 80.6 cm³/mol. The Kier molecular flexibility index (Phi) is 4.12. The molecular formula is C15H17ClN2O3. The number of carbonyl (C=O) groups excluding carboxylic acids is 2. The molecule has 2 aliphatic rings. The Balaban J connectivity index is 1.71. The fraction of sp³-hybridized carbons (Fsp3) is 0.467. The SMILES string of the molecule is O=C(Nc1ccc(N2CCCC2=O)c(Cl)c1)C1CCCO1. The van der Waals surface area contributed by atoms with Crippen LogP contribution < -0.4 is 10.2 Å². The monoisotopic (exact) mass is 308 g/mol. The molecule has 1 N–H and O–H groups in total. The fourth-order valence-electron chi connectivity index (χ4n) is 2.71. The van der Waals surface area contributed by atoms with Crippen molar-refractivity contribution in [1.29, 1.82) is 0 Å². The summed E-state index contributed by atoms with van der Waals surface area (Å²) in [7, 11) is 0. The summed E-state index contributed by atoms with van der Waals surface area (Å²) in [6.07, 6.45) is 2.71. The predicted octanol–water partition coefficient (Wildman–Crippen LogP) is 2.58. The van der Waals surface area contributed by atoms with E-state index in [1.165, 1.54) is 0 Å². The van der Waals surface area contributed by atoms with E-state index in [1.807, 2.05) is 0 Å². The van der Waals surface area contributed by atoms with E-state index in [2.05, 4.69) is 5.32 Å². The van der Waals surface area contributed by atoms with Gasteiger partial charge in [-0.05, 0) is 37.5 Å². The van der Waals surface area contributed by atoms with E-state index in [1.54, 1.807) is 23.1 Å². The summed E-state index contributed by atoms with van der Waals surface area (Å²) in [5.41, 5.74) is 1.32. The van der Waals surface area contributed by atoms with Crippen molar-refractivity contribution in [2.45, 2.75) is 31.8 Å². The number of nitrogens with zero attached hydrogens (tertiary/aromatic N) is 1. The van der Waals surface area contributed by atoms with Gasteiger partial charge in [-0.15, -0.1) is 0 Å². The van der Waals surface area contributed by atoms with Crippen LogP contribution >= 0.6 is 11.6 Å². The molecule has 0 saturated carbocycles. The van der Waals surface area contributed by atoms with Crippen LogP contribution in [0.4, 0.5) is 11.4 Å². The normalized spacial score (nSPS) is 21.9. The highest BCUT2D eigenvalue weighted by atomic mass is 35.5. The van der Waals surface area contributed by atoms with Crippen LogP contribution in [0.1, 0.15) is 25.7 Å². The third-order valence-electron chi connectivity index (χ3n) is 3.80. The minimum absolute atomic E-state index is 0.0908. The first-order valence-electron chi connectivity index (χ1n) is 7.17. The van der Waals surface area contributed by atoms with E-state index >= 15 is 0 Å². The second-order valence-electron chi connectivity index (χ2n) is 5.31. The lowest BCUT2D eigenvalue weighted by Gasteiger charge is -2.18. The molecular weight excluding hydrogens is 292 g/mol. The smallest absolute Gasteiger partial charge is 0.253 e. The van der Waals surface area contributed by atoms with Gasteiger partial charge in [-0.2, -0.15) is 0 Å². The van der Waals surface area contributed by atoms with Crippen molar-refractivity contribution in [3.05, 3.63) is 23.2 Å². The first-order valence-corrected chi connectivity index (χ1v) is 7.55. The number of hydrogen-bond acceptors (Lipinski definition) is 3. The number of carbonyl (C=O) groups is 2. The van der Waals surface area contributed by atoms with Crippen LogP contribution in [-0.2, 0) is 14.3 Å². The summed E-state index contributed by atoms with van der Waals surface area (Å²) in [6.45, 7) is 1.33. The lowest BCUT2D eigenvalue weighted by Crippen LogP contribution is -2.27. The molecule has 0 aliphatic carbocycles. The van der Waals surface area contributed by atoms with Crippen molar-refractivity contribution < 1.29 is 14.3 Å². The molecule has 0 radical (unpaired) electrons. The lowest BCUT2D eigenvalue weighted by atomic mass is 10.2. The van der Waals surface area contributed by atoms with E-state index < -0.39 is 0 Å². The summed E-state index contributed by atoms with van der Waals surface area (Å²) in [4.78, 5) is 25.4. The Hall–Kier alpha value is -1.59. The first kappa shape index (κ1) is 14.4. The molecule has 1 aromatic carbocycles. The quantitative estimate of drug-likeness (QED) is 0.933. The fourth-order valence-corrected chi connectivity index (χ4v) is 3.00. The Morgan fingerprint density at radius 2 is 2.24 bits per heavy atom. The van der Waals surface area contributed by atoms with Gasteiger partial charge in [0.15, 0.2) is 0 Å². The van der Waals surface area contributed by atoms with Crippen LogP contribution in [0.15, 0.2) is 18.2 Å². The molecule has 21 heavy (non-hydrogen) atoms. The topological polar surface area (TPSA) is 58.6 Å². The molecule has 0 spiro atoms. The molecule has 112 valence electrons. The summed E-state index contributed by atoms with van der Waals surface area (Å²) in [6, 6.07) is 5.21. The molecule has 0 bridgehead atoms. The zero-order valence-electron chi connectivity index (χ0n) is 11.6. The second-order valence-corrected chi connectivity index (χ2v) is 5.71. The van der Waals surface area contributed by atoms with Gasteiger partial charge in [0.05, 0.1) is 10.7 Å². The Bertz CT molecular complexity index is 570.